The minimum Gasteiger partial charge on any atom is -0.489 e. The van der Waals surface area contributed by atoms with Gasteiger partial charge < -0.3 is 9.47 Å². The molecule has 1 heterocycles. The van der Waals surface area contributed by atoms with E-state index in [1.807, 2.05) is 13.8 Å². The van der Waals surface area contributed by atoms with Crippen molar-refractivity contribution in [3.8, 4) is 11.5 Å². The minimum atomic E-state index is -0.403. The van der Waals surface area contributed by atoms with Crippen LogP contribution in [0.3, 0.4) is 0 Å². The van der Waals surface area contributed by atoms with E-state index in [0.29, 0.717) is 29.2 Å². The van der Waals surface area contributed by atoms with E-state index in [2.05, 4.69) is 18.2 Å². The molecule has 0 unspecified atom stereocenters. The van der Waals surface area contributed by atoms with Gasteiger partial charge in [0.25, 0.3) is 0 Å². The zero-order chi connectivity index (χ0) is 19.7. The van der Waals surface area contributed by atoms with Gasteiger partial charge in [0, 0.05) is 11.6 Å². The average molecular weight is 374 g/mol. The van der Waals surface area contributed by atoms with Crippen molar-refractivity contribution in [2.45, 2.75) is 20.5 Å². The number of halogens is 1. The first-order valence-electron chi connectivity index (χ1n) is 9.03. The number of allylic oxidation sites excluding steroid dienone is 1. The number of benzene rings is 3. The molecule has 0 fully saturated rings. The highest BCUT2D eigenvalue weighted by Crippen LogP contribution is 2.35. The maximum atomic E-state index is 13.9. The molecule has 0 N–H and O–H groups in total. The van der Waals surface area contributed by atoms with Gasteiger partial charge in [-0.25, -0.2) is 4.39 Å². The lowest BCUT2D eigenvalue weighted by atomic mass is 10.1. The van der Waals surface area contributed by atoms with Crippen LogP contribution in [0.4, 0.5) is 4.39 Å². The van der Waals surface area contributed by atoms with Gasteiger partial charge in [0.1, 0.15) is 23.9 Å². The van der Waals surface area contributed by atoms with E-state index >= 15 is 0 Å². The molecule has 4 rings (SSSR count). The van der Waals surface area contributed by atoms with Crippen LogP contribution in [0, 0.1) is 19.7 Å². The molecule has 0 aliphatic carbocycles. The third-order valence-electron chi connectivity index (χ3n) is 4.73. The summed E-state index contributed by atoms with van der Waals surface area (Å²) in [5.74, 6) is 0.469. The summed E-state index contributed by atoms with van der Waals surface area (Å²) in [6.07, 6.45) is 1.42. The lowest BCUT2D eigenvalue weighted by molar-refractivity contribution is 0.101. The summed E-state index contributed by atoms with van der Waals surface area (Å²) in [4.78, 5) is 12.5. The number of hydrogen-bond acceptors (Lipinski definition) is 3. The Morgan fingerprint density at radius 1 is 1.04 bits per heavy atom. The van der Waals surface area contributed by atoms with Crippen molar-refractivity contribution in [2.75, 3.05) is 0 Å². The van der Waals surface area contributed by atoms with Crippen LogP contribution >= 0.6 is 0 Å². The van der Waals surface area contributed by atoms with Crippen LogP contribution in [0.15, 0.2) is 66.4 Å². The molecule has 0 bridgehead atoms. The second-order valence-electron chi connectivity index (χ2n) is 6.84. The van der Waals surface area contributed by atoms with Gasteiger partial charge in [0.2, 0.25) is 5.78 Å². The molecule has 0 aromatic heterocycles. The van der Waals surface area contributed by atoms with Gasteiger partial charge in [0.15, 0.2) is 5.76 Å². The van der Waals surface area contributed by atoms with Gasteiger partial charge in [-0.05, 0) is 49.2 Å². The Morgan fingerprint density at radius 3 is 2.68 bits per heavy atom. The van der Waals surface area contributed by atoms with Crippen molar-refractivity contribution in [3.05, 3.63) is 100 Å². The Kier molecular flexibility index (Phi) is 4.70. The summed E-state index contributed by atoms with van der Waals surface area (Å²) in [7, 11) is 0. The number of hydrogen-bond donors (Lipinski definition) is 0. The van der Waals surface area contributed by atoms with Gasteiger partial charge in [-0.1, -0.05) is 42.0 Å². The smallest absolute Gasteiger partial charge is 0.231 e. The lowest BCUT2D eigenvalue weighted by Gasteiger charge is -2.10. The molecule has 0 saturated heterocycles. The molecular weight excluding hydrogens is 355 g/mol. The third-order valence-corrected chi connectivity index (χ3v) is 4.73. The van der Waals surface area contributed by atoms with Crippen LogP contribution in [-0.4, -0.2) is 5.78 Å². The predicted octanol–water partition coefficient (Wildman–Crippen LogP) is 5.64. The van der Waals surface area contributed by atoms with Crippen molar-refractivity contribution >= 4 is 11.9 Å². The molecule has 140 valence electrons. The second kappa shape index (κ2) is 7.31. The topological polar surface area (TPSA) is 35.5 Å². The lowest BCUT2D eigenvalue weighted by Crippen LogP contribution is -1.99. The minimum absolute atomic E-state index is 0.103. The van der Waals surface area contributed by atoms with E-state index in [9.17, 15) is 9.18 Å². The van der Waals surface area contributed by atoms with Crippen LogP contribution in [0.25, 0.3) is 6.08 Å². The number of carbonyl (C=O) groups excluding carboxylic acids is 1. The highest BCUT2D eigenvalue weighted by molar-refractivity contribution is 6.14. The molecule has 1 aliphatic rings. The van der Waals surface area contributed by atoms with E-state index in [4.69, 9.17) is 9.47 Å². The van der Waals surface area contributed by atoms with Gasteiger partial charge in [0.05, 0.1) is 5.56 Å². The van der Waals surface area contributed by atoms with Crippen molar-refractivity contribution in [1.29, 1.82) is 0 Å². The first-order chi connectivity index (χ1) is 13.5. The summed E-state index contributed by atoms with van der Waals surface area (Å²) >= 11 is 0. The fourth-order valence-corrected chi connectivity index (χ4v) is 3.11. The molecule has 3 aromatic carbocycles. The molecule has 0 amide bonds. The Balaban J connectivity index is 1.54. The average Bonchev–Trinajstić information content (AvgIpc) is 2.99. The Labute approximate surface area is 163 Å². The van der Waals surface area contributed by atoms with Crippen LogP contribution in [0.1, 0.15) is 32.6 Å². The fourth-order valence-electron chi connectivity index (χ4n) is 3.11. The summed E-state index contributed by atoms with van der Waals surface area (Å²) in [5, 5.41) is 0. The largest absolute Gasteiger partial charge is 0.489 e. The van der Waals surface area contributed by atoms with Crippen LogP contribution < -0.4 is 9.47 Å². The number of carbonyl (C=O) groups is 1. The molecule has 28 heavy (non-hydrogen) atoms. The van der Waals surface area contributed by atoms with E-state index in [1.165, 1.54) is 17.7 Å². The van der Waals surface area contributed by atoms with E-state index in [-0.39, 0.29) is 11.5 Å². The number of Topliss-reactive ketones (excluding diaryl/α,β-unsaturated/α-hetero) is 1. The Morgan fingerprint density at radius 2 is 1.86 bits per heavy atom. The summed E-state index contributed by atoms with van der Waals surface area (Å²) in [6.45, 7) is 4.52. The molecular formula is C24H19FO3. The first-order valence-corrected chi connectivity index (χ1v) is 9.03. The molecule has 3 aromatic rings. The fraction of sp³-hybridized carbons (Fsp3) is 0.125. The maximum absolute atomic E-state index is 13.9. The molecule has 0 saturated carbocycles. The van der Waals surface area contributed by atoms with Crippen LogP contribution in [0.2, 0.25) is 0 Å². The number of aryl methyl sites for hydroxylation is 2. The molecule has 1 aliphatic heterocycles. The Hall–Kier alpha value is -3.40. The summed E-state index contributed by atoms with van der Waals surface area (Å²) < 4.78 is 25.4. The zero-order valence-corrected chi connectivity index (χ0v) is 15.7. The van der Waals surface area contributed by atoms with Gasteiger partial charge >= 0.3 is 0 Å². The van der Waals surface area contributed by atoms with Crippen molar-refractivity contribution in [3.63, 3.8) is 0 Å². The Bertz CT molecular complexity index is 1100. The second-order valence-corrected chi connectivity index (χ2v) is 6.84. The van der Waals surface area contributed by atoms with Crippen LogP contribution in [-0.2, 0) is 6.61 Å². The van der Waals surface area contributed by atoms with E-state index in [0.717, 1.165) is 11.1 Å². The quantitative estimate of drug-likeness (QED) is 0.555. The normalized spacial score (nSPS) is 14.1. The first kappa shape index (κ1) is 18.0. The molecule has 0 radical (unpaired) electrons. The maximum Gasteiger partial charge on any atom is 0.231 e. The van der Waals surface area contributed by atoms with Gasteiger partial charge in [-0.2, -0.15) is 0 Å². The number of ketones is 1. The number of fused-ring (bicyclic) bond motifs is 1. The summed E-state index contributed by atoms with van der Waals surface area (Å²) in [6, 6.07) is 17.6. The highest BCUT2D eigenvalue weighted by atomic mass is 19.1. The molecule has 0 atom stereocenters. The monoisotopic (exact) mass is 374 g/mol. The zero-order valence-electron chi connectivity index (χ0n) is 15.7. The standard InChI is InChI=1S/C24H19FO3/c1-15-7-8-16(2)18(11-15)14-27-19-9-10-20-22(13-19)28-23(24(20)26)12-17-5-3-4-6-21(17)25/h3-13H,14H2,1-2H3/b23-12-. The predicted molar refractivity (Wildman–Crippen MR) is 106 cm³/mol. The third kappa shape index (κ3) is 3.54. The number of ether oxygens (including phenoxy) is 2. The highest BCUT2D eigenvalue weighted by Gasteiger charge is 2.28. The summed E-state index contributed by atoms with van der Waals surface area (Å²) in [5.41, 5.74) is 4.20. The van der Waals surface area contributed by atoms with Crippen molar-refractivity contribution in [2.24, 2.45) is 0 Å². The molecule has 0 spiro atoms. The van der Waals surface area contributed by atoms with E-state index in [1.54, 1.807) is 36.4 Å². The van der Waals surface area contributed by atoms with Crippen molar-refractivity contribution in [1.82, 2.24) is 0 Å². The van der Waals surface area contributed by atoms with E-state index < -0.39 is 5.82 Å². The van der Waals surface area contributed by atoms with Gasteiger partial charge in [-0.3, -0.25) is 4.79 Å². The molecule has 3 nitrogen and oxygen atoms in total. The van der Waals surface area contributed by atoms with Crippen molar-refractivity contribution < 1.29 is 18.7 Å². The van der Waals surface area contributed by atoms with Crippen LogP contribution in [0.5, 0.6) is 11.5 Å². The SMILES string of the molecule is Cc1ccc(C)c(COc2ccc3c(c2)O/C(=C\c2ccccc2F)C3=O)c1. The number of rotatable bonds is 4. The van der Waals surface area contributed by atoms with Gasteiger partial charge in [-0.15, -0.1) is 0 Å². The molecule has 4 heteroatoms.